The van der Waals surface area contributed by atoms with Crippen molar-refractivity contribution in [2.45, 2.75) is 26.3 Å². The van der Waals surface area contributed by atoms with Gasteiger partial charge in [-0.2, -0.15) is 4.98 Å². The van der Waals surface area contributed by atoms with Crippen LogP contribution in [0, 0.1) is 0 Å². The fraction of sp³-hybridized carbons (Fsp3) is 0.333. The van der Waals surface area contributed by atoms with Crippen molar-refractivity contribution in [3.8, 4) is 0 Å². The Hall–Kier alpha value is -2.44. The van der Waals surface area contributed by atoms with Gasteiger partial charge in [0.05, 0.1) is 5.56 Å². The molecule has 0 fully saturated rings. The molecule has 0 aromatic carbocycles. The number of aromatic carboxylic acids is 1. The number of carboxylic acids is 1. The average Bonchev–Trinajstić information content (AvgIpc) is 2.79. The van der Waals surface area contributed by atoms with Crippen LogP contribution < -0.4 is 5.56 Å². The normalized spacial score (nSPS) is 10.6. The Morgan fingerprint density at radius 1 is 1.53 bits per heavy atom. The Bertz CT molecular complexity index is 644. The van der Waals surface area contributed by atoms with Gasteiger partial charge in [0.25, 0.3) is 5.56 Å². The Labute approximate surface area is 108 Å². The summed E-state index contributed by atoms with van der Waals surface area (Å²) in [6, 6.07) is 2.42. The number of nitrogens with zero attached hydrogens (tertiary/aromatic N) is 3. The lowest BCUT2D eigenvalue weighted by Gasteiger charge is -2.01. The van der Waals surface area contributed by atoms with Gasteiger partial charge in [0.15, 0.2) is 5.82 Å². The molecule has 0 saturated carbocycles. The maximum absolute atomic E-state index is 11.7. The third-order valence-corrected chi connectivity index (χ3v) is 2.53. The van der Waals surface area contributed by atoms with Crippen molar-refractivity contribution in [1.29, 1.82) is 0 Å². The maximum atomic E-state index is 11.7. The molecule has 0 unspecified atom stereocenters. The zero-order valence-electron chi connectivity index (χ0n) is 10.4. The predicted octanol–water partition coefficient (Wildman–Crippen LogP) is 0.930. The summed E-state index contributed by atoms with van der Waals surface area (Å²) in [5.74, 6) is -0.200. The molecule has 0 aliphatic rings. The number of pyridine rings is 1. The molecule has 2 rings (SSSR count). The van der Waals surface area contributed by atoms with E-state index in [4.69, 9.17) is 9.63 Å². The molecule has 0 bridgehead atoms. The minimum Gasteiger partial charge on any atom is -0.478 e. The van der Waals surface area contributed by atoms with Gasteiger partial charge < -0.3 is 14.2 Å². The van der Waals surface area contributed by atoms with Crippen LogP contribution in [-0.4, -0.2) is 25.8 Å². The topological polar surface area (TPSA) is 98.2 Å². The standard InChI is InChI=1S/C12H13N3O4/c1-2-3-9-13-10(19-14-9)7-15-5-4-8(12(17)18)6-11(15)16/h4-6H,2-3,7H2,1H3,(H,17,18). The van der Waals surface area contributed by atoms with E-state index in [2.05, 4.69) is 10.1 Å². The number of carbonyl (C=O) groups is 1. The van der Waals surface area contributed by atoms with Crippen molar-refractivity contribution in [3.05, 3.63) is 46.0 Å². The van der Waals surface area contributed by atoms with Gasteiger partial charge in [-0.25, -0.2) is 4.79 Å². The van der Waals surface area contributed by atoms with Gasteiger partial charge in [0.2, 0.25) is 5.89 Å². The summed E-state index contributed by atoms with van der Waals surface area (Å²) < 4.78 is 6.33. The van der Waals surface area contributed by atoms with Crippen LogP contribution in [0.5, 0.6) is 0 Å². The Balaban J connectivity index is 2.18. The second-order valence-corrected chi connectivity index (χ2v) is 4.04. The summed E-state index contributed by atoms with van der Waals surface area (Å²) in [7, 11) is 0. The number of hydrogen-bond acceptors (Lipinski definition) is 5. The zero-order valence-corrected chi connectivity index (χ0v) is 10.4. The van der Waals surface area contributed by atoms with Crippen LogP contribution in [0.15, 0.2) is 27.6 Å². The molecular formula is C12H13N3O4. The highest BCUT2D eigenvalue weighted by Crippen LogP contribution is 2.02. The Morgan fingerprint density at radius 3 is 2.95 bits per heavy atom. The van der Waals surface area contributed by atoms with Gasteiger partial charge in [-0.1, -0.05) is 12.1 Å². The van der Waals surface area contributed by atoms with Gasteiger partial charge in [0.1, 0.15) is 6.54 Å². The fourth-order valence-corrected chi connectivity index (χ4v) is 1.60. The smallest absolute Gasteiger partial charge is 0.335 e. The molecule has 7 nitrogen and oxygen atoms in total. The van der Waals surface area contributed by atoms with Gasteiger partial charge in [0, 0.05) is 18.7 Å². The monoisotopic (exact) mass is 263 g/mol. The maximum Gasteiger partial charge on any atom is 0.335 e. The van der Waals surface area contributed by atoms with Gasteiger partial charge in [-0.05, 0) is 12.5 Å². The summed E-state index contributed by atoms with van der Waals surface area (Å²) in [6.07, 6.45) is 3.03. The fourth-order valence-electron chi connectivity index (χ4n) is 1.60. The van der Waals surface area contributed by atoms with Crippen LogP contribution in [0.3, 0.4) is 0 Å². The van der Waals surface area contributed by atoms with Crippen LogP contribution in [0.4, 0.5) is 0 Å². The number of hydrogen-bond donors (Lipinski definition) is 1. The summed E-state index contributed by atoms with van der Waals surface area (Å²) in [4.78, 5) is 26.5. The van der Waals surface area contributed by atoms with Crippen molar-refractivity contribution >= 4 is 5.97 Å². The summed E-state index contributed by atoms with van der Waals surface area (Å²) in [5.41, 5.74) is -0.464. The highest BCUT2D eigenvalue weighted by molar-refractivity contribution is 5.87. The first-order chi connectivity index (χ1) is 9.10. The van der Waals surface area contributed by atoms with E-state index < -0.39 is 11.5 Å². The minimum atomic E-state index is -1.13. The zero-order chi connectivity index (χ0) is 13.8. The third-order valence-electron chi connectivity index (χ3n) is 2.53. The highest BCUT2D eigenvalue weighted by atomic mass is 16.5. The van der Waals surface area contributed by atoms with E-state index in [1.54, 1.807) is 0 Å². The van der Waals surface area contributed by atoms with Crippen LogP contribution in [0.25, 0.3) is 0 Å². The first-order valence-electron chi connectivity index (χ1n) is 5.85. The lowest BCUT2D eigenvalue weighted by Crippen LogP contribution is -2.21. The molecule has 0 atom stereocenters. The Kier molecular flexibility index (Phi) is 3.74. The molecule has 0 aliphatic carbocycles. The average molecular weight is 263 g/mol. The quantitative estimate of drug-likeness (QED) is 0.861. The van der Waals surface area contributed by atoms with Crippen molar-refractivity contribution in [3.63, 3.8) is 0 Å². The van der Waals surface area contributed by atoms with Crippen LogP contribution in [-0.2, 0) is 13.0 Å². The number of aromatic nitrogens is 3. The SMILES string of the molecule is CCCc1noc(Cn2ccc(C(=O)O)cc2=O)n1. The van der Waals surface area contributed by atoms with E-state index in [1.807, 2.05) is 6.92 Å². The van der Waals surface area contributed by atoms with E-state index in [0.717, 1.165) is 18.9 Å². The van der Waals surface area contributed by atoms with Crippen molar-refractivity contribution in [2.75, 3.05) is 0 Å². The molecule has 0 aliphatic heterocycles. The van der Waals surface area contributed by atoms with Crippen molar-refractivity contribution in [1.82, 2.24) is 14.7 Å². The summed E-state index contributed by atoms with van der Waals surface area (Å²) in [5, 5.41) is 12.5. The van der Waals surface area contributed by atoms with E-state index in [-0.39, 0.29) is 12.1 Å². The van der Waals surface area contributed by atoms with E-state index in [0.29, 0.717) is 11.7 Å². The molecule has 0 amide bonds. The largest absolute Gasteiger partial charge is 0.478 e. The molecular weight excluding hydrogens is 250 g/mol. The molecule has 2 aromatic rings. The van der Waals surface area contributed by atoms with Crippen LogP contribution in [0.2, 0.25) is 0 Å². The first-order valence-corrected chi connectivity index (χ1v) is 5.85. The number of rotatable bonds is 5. The van der Waals surface area contributed by atoms with Crippen molar-refractivity contribution < 1.29 is 14.4 Å². The summed E-state index contributed by atoms with van der Waals surface area (Å²) >= 11 is 0. The molecule has 0 saturated heterocycles. The molecule has 2 heterocycles. The molecule has 1 N–H and O–H groups in total. The third kappa shape index (κ3) is 3.06. The van der Waals surface area contributed by atoms with Gasteiger partial charge >= 0.3 is 5.97 Å². The molecule has 0 spiro atoms. The lowest BCUT2D eigenvalue weighted by atomic mass is 10.3. The second kappa shape index (κ2) is 5.47. The summed E-state index contributed by atoms with van der Waals surface area (Å²) in [6.45, 7) is 2.14. The molecule has 0 radical (unpaired) electrons. The van der Waals surface area contributed by atoms with Gasteiger partial charge in [-0.3, -0.25) is 4.79 Å². The van der Waals surface area contributed by atoms with Crippen LogP contribution >= 0.6 is 0 Å². The van der Waals surface area contributed by atoms with Gasteiger partial charge in [-0.15, -0.1) is 0 Å². The number of carboxylic acid groups (broad SMARTS) is 1. The van der Waals surface area contributed by atoms with E-state index in [9.17, 15) is 9.59 Å². The molecule has 7 heteroatoms. The van der Waals surface area contributed by atoms with Crippen LogP contribution in [0.1, 0.15) is 35.4 Å². The predicted molar refractivity (Wildman–Crippen MR) is 65.1 cm³/mol. The second-order valence-electron chi connectivity index (χ2n) is 4.04. The molecule has 2 aromatic heterocycles. The first kappa shape index (κ1) is 13.0. The lowest BCUT2D eigenvalue weighted by molar-refractivity contribution is 0.0696. The Morgan fingerprint density at radius 2 is 2.32 bits per heavy atom. The van der Waals surface area contributed by atoms with Crippen molar-refractivity contribution in [2.24, 2.45) is 0 Å². The molecule has 100 valence electrons. The highest BCUT2D eigenvalue weighted by Gasteiger charge is 2.09. The van der Waals surface area contributed by atoms with E-state index >= 15 is 0 Å². The minimum absolute atomic E-state index is 0.0431. The molecule has 19 heavy (non-hydrogen) atoms. The number of aryl methyl sites for hydroxylation is 1. The van der Waals surface area contributed by atoms with E-state index in [1.165, 1.54) is 16.8 Å².